The molecule has 1 aromatic carbocycles. The van der Waals surface area contributed by atoms with Gasteiger partial charge >= 0.3 is 0 Å². The van der Waals surface area contributed by atoms with Crippen molar-refractivity contribution >= 4 is 5.78 Å². The molecule has 2 atom stereocenters. The monoisotopic (exact) mass is 273 g/mol. The molecule has 0 N–H and O–H groups in total. The van der Waals surface area contributed by atoms with Crippen molar-refractivity contribution in [1.82, 2.24) is 0 Å². The summed E-state index contributed by atoms with van der Waals surface area (Å²) in [5.41, 5.74) is 1.46. The van der Waals surface area contributed by atoms with Gasteiger partial charge < -0.3 is 0 Å². The number of nitrogens with zero attached hydrogens (tertiary/aromatic N) is 1. The van der Waals surface area contributed by atoms with Gasteiger partial charge in [0.25, 0.3) is 5.54 Å². The third kappa shape index (κ3) is 2.15. The summed E-state index contributed by atoms with van der Waals surface area (Å²) >= 11 is 0. The average molecular weight is 273 g/mol. The van der Waals surface area contributed by atoms with Gasteiger partial charge in [0.05, 0.1) is 5.92 Å². The third-order valence-electron chi connectivity index (χ3n) is 4.49. The van der Waals surface area contributed by atoms with Gasteiger partial charge in [-0.2, -0.15) is 0 Å². The molecule has 0 radical (unpaired) electrons. The molecule has 2 unspecified atom stereocenters. The Labute approximate surface area is 118 Å². The van der Waals surface area contributed by atoms with Crippen molar-refractivity contribution in [3.63, 3.8) is 0 Å². The summed E-state index contributed by atoms with van der Waals surface area (Å²) in [4.78, 5) is 23.5. The molecule has 0 saturated carbocycles. The zero-order valence-corrected chi connectivity index (χ0v) is 12.1. The highest BCUT2D eigenvalue weighted by atomic mass is 16.6. The molecule has 0 bridgehead atoms. The zero-order valence-electron chi connectivity index (χ0n) is 12.1. The van der Waals surface area contributed by atoms with Crippen LogP contribution in [0, 0.1) is 10.1 Å². The van der Waals surface area contributed by atoms with Crippen molar-refractivity contribution in [2.45, 2.75) is 45.1 Å². The SMILES string of the molecule is CC(=O)C1([N+](=O)[O-])CC(C)=C(C)CC1c1ccccc1. The maximum absolute atomic E-state index is 12.1. The summed E-state index contributed by atoms with van der Waals surface area (Å²) in [6.45, 7) is 5.22. The van der Waals surface area contributed by atoms with Gasteiger partial charge in [-0.1, -0.05) is 41.5 Å². The highest BCUT2D eigenvalue weighted by molar-refractivity contribution is 5.86. The Bertz CT molecular complexity index is 561. The van der Waals surface area contributed by atoms with Crippen LogP contribution in [0.5, 0.6) is 0 Å². The lowest BCUT2D eigenvalue weighted by atomic mass is 9.66. The van der Waals surface area contributed by atoms with Crippen molar-refractivity contribution in [2.24, 2.45) is 0 Å². The molecule has 20 heavy (non-hydrogen) atoms. The van der Waals surface area contributed by atoms with E-state index < -0.39 is 5.54 Å². The normalized spacial score (nSPS) is 26.4. The van der Waals surface area contributed by atoms with Crippen LogP contribution >= 0.6 is 0 Å². The van der Waals surface area contributed by atoms with Crippen LogP contribution in [0.1, 0.15) is 45.1 Å². The van der Waals surface area contributed by atoms with Gasteiger partial charge in [-0.25, -0.2) is 0 Å². The van der Waals surface area contributed by atoms with Crippen molar-refractivity contribution in [3.05, 3.63) is 57.2 Å². The van der Waals surface area contributed by atoms with Crippen LogP contribution in [0.4, 0.5) is 0 Å². The summed E-state index contributed by atoms with van der Waals surface area (Å²) < 4.78 is 0. The van der Waals surface area contributed by atoms with E-state index in [-0.39, 0.29) is 23.0 Å². The molecule has 0 saturated heterocycles. The Morgan fingerprint density at radius 3 is 2.35 bits per heavy atom. The number of Topliss-reactive ketones (excluding diaryl/α,β-unsaturated/α-hetero) is 1. The molecule has 0 amide bonds. The number of carbonyl (C=O) groups is 1. The molecule has 0 aromatic heterocycles. The second-order valence-electron chi connectivity index (χ2n) is 5.64. The Morgan fingerprint density at radius 2 is 1.85 bits per heavy atom. The fourth-order valence-electron chi connectivity index (χ4n) is 3.10. The van der Waals surface area contributed by atoms with Crippen LogP contribution in [-0.2, 0) is 4.79 Å². The smallest absolute Gasteiger partial charge is 0.289 e. The van der Waals surface area contributed by atoms with E-state index in [1.54, 1.807) is 0 Å². The summed E-state index contributed by atoms with van der Waals surface area (Å²) in [7, 11) is 0. The van der Waals surface area contributed by atoms with Crippen LogP contribution < -0.4 is 0 Å². The first-order chi connectivity index (χ1) is 9.39. The molecular weight excluding hydrogens is 254 g/mol. The summed E-state index contributed by atoms with van der Waals surface area (Å²) in [5, 5.41) is 11.7. The molecule has 0 aliphatic heterocycles. The summed E-state index contributed by atoms with van der Waals surface area (Å²) in [5.74, 6) is -0.747. The van der Waals surface area contributed by atoms with E-state index in [9.17, 15) is 14.9 Å². The first kappa shape index (κ1) is 14.4. The van der Waals surface area contributed by atoms with Crippen molar-refractivity contribution in [2.75, 3.05) is 0 Å². The largest absolute Gasteiger partial charge is 0.292 e. The molecule has 0 fully saturated rings. The first-order valence-corrected chi connectivity index (χ1v) is 6.75. The average Bonchev–Trinajstić information content (AvgIpc) is 2.41. The molecule has 1 aliphatic rings. The van der Waals surface area contributed by atoms with E-state index in [4.69, 9.17) is 0 Å². The number of carbonyl (C=O) groups excluding carboxylic acids is 1. The molecular formula is C16H19NO3. The molecule has 0 heterocycles. The maximum Gasteiger partial charge on any atom is 0.289 e. The molecule has 4 nitrogen and oxygen atoms in total. The minimum Gasteiger partial charge on any atom is -0.292 e. The van der Waals surface area contributed by atoms with E-state index in [0.29, 0.717) is 6.42 Å². The van der Waals surface area contributed by atoms with Gasteiger partial charge in [0, 0.05) is 18.3 Å². The predicted octanol–water partition coefficient (Wildman–Crippen LogP) is 3.50. The number of nitro groups is 1. The molecule has 1 aromatic rings. The molecule has 4 heteroatoms. The van der Waals surface area contributed by atoms with Gasteiger partial charge in [0.2, 0.25) is 5.78 Å². The lowest BCUT2D eigenvalue weighted by molar-refractivity contribution is -0.557. The van der Waals surface area contributed by atoms with Crippen LogP contribution in [0.3, 0.4) is 0 Å². The number of rotatable bonds is 3. The standard InChI is InChI=1S/C16H19NO3/c1-11-9-15(14-7-5-4-6-8-14)16(13(3)18,17(19)20)10-12(11)2/h4-8,15H,9-10H2,1-3H3. The van der Waals surface area contributed by atoms with Crippen molar-refractivity contribution < 1.29 is 9.72 Å². The topological polar surface area (TPSA) is 60.2 Å². The van der Waals surface area contributed by atoms with Crippen molar-refractivity contribution in [3.8, 4) is 0 Å². The van der Waals surface area contributed by atoms with Gasteiger partial charge in [-0.15, -0.1) is 0 Å². The zero-order chi connectivity index (χ0) is 14.9. The van der Waals surface area contributed by atoms with Crippen molar-refractivity contribution in [1.29, 1.82) is 0 Å². The number of ketones is 1. The number of benzene rings is 1. The van der Waals surface area contributed by atoms with Gasteiger partial charge in [-0.05, 0) is 25.8 Å². The van der Waals surface area contributed by atoms with Gasteiger partial charge in [0.1, 0.15) is 0 Å². The Balaban J connectivity index is 2.61. The lowest BCUT2D eigenvalue weighted by Crippen LogP contribution is -2.52. The molecule has 0 spiro atoms. The number of allylic oxidation sites excluding steroid dienone is 1. The van der Waals surface area contributed by atoms with Crippen LogP contribution in [0.15, 0.2) is 41.5 Å². The predicted molar refractivity (Wildman–Crippen MR) is 77.2 cm³/mol. The Hall–Kier alpha value is -1.97. The quantitative estimate of drug-likeness (QED) is 0.481. The fraction of sp³-hybridized carbons (Fsp3) is 0.438. The Morgan fingerprint density at radius 1 is 1.25 bits per heavy atom. The highest BCUT2D eigenvalue weighted by Crippen LogP contribution is 2.45. The number of hydrogen-bond acceptors (Lipinski definition) is 3. The summed E-state index contributed by atoms with van der Waals surface area (Å²) in [6, 6.07) is 9.35. The van der Waals surface area contributed by atoms with E-state index >= 15 is 0 Å². The fourth-order valence-corrected chi connectivity index (χ4v) is 3.10. The minimum atomic E-state index is -1.52. The first-order valence-electron chi connectivity index (χ1n) is 6.75. The molecule has 1 aliphatic carbocycles. The van der Waals surface area contributed by atoms with Crippen LogP contribution in [-0.4, -0.2) is 16.2 Å². The minimum absolute atomic E-state index is 0.209. The second kappa shape index (κ2) is 5.19. The van der Waals surface area contributed by atoms with E-state index in [1.165, 1.54) is 6.92 Å². The third-order valence-corrected chi connectivity index (χ3v) is 4.49. The van der Waals surface area contributed by atoms with E-state index in [0.717, 1.165) is 16.7 Å². The van der Waals surface area contributed by atoms with E-state index in [2.05, 4.69) is 0 Å². The van der Waals surface area contributed by atoms with Crippen LogP contribution in [0.2, 0.25) is 0 Å². The van der Waals surface area contributed by atoms with E-state index in [1.807, 2.05) is 44.2 Å². The Kier molecular flexibility index (Phi) is 3.75. The second-order valence-corrected chi connectivity index (χ2v) is 5.64. The highest BCUT2D eigenvalue weighted by Gasteiger charge is 2.57. The molecule has 106 valence electrons. The number of hydrogen-bond donors (Lipinski definition) is 0. The van der Waals surface area contributed by atoms with Gasteiger partial charge in [-0.3, -0.25) is 14.9 Å². The molecule has 2 rings (SSSR count). The maximum atomic E-state index is 12.1. The summed E-state index contributed by atoms with van der Waals surface area (Å²) in [6.07, 6.45) is 0.775. The van der Waals surface area contributed by atoms with Gasteiger partial charge in [0.15, 0.2) is 0 Å². The van der Waals surface area contributed by atoms with Crippen LogP contribution in [0.25, 0.3) is 0 Å². The lowest BCUT2D eigenvalue weighted by Gasteiger charge is -2.36.